The van der Waals surface area contributed by atoms with Crippen molar-refractivity contribution in [2.24, 2.45) is 5.73 Å². The number of nitrogens with one attached hydrogen (secondary N) is 1. The fraction of sp³-hybridized carbons (Fsp3) is 0.462. The Kier molecular flexibility index (Phi) is 6.00. The summed E-state index contributed by atoms with van der Waals surface area (Å²) in [5.41, 5.74) is 6.24. The van der Waals surface area contributed by atoms with Gasteiger partial charge in [0, 0.05) is 18.5 Å². The molecule has 0 heterocycles. The van der Waals surface area contributed by atoms with Gasteiger partial charge in [-0.25, -0.2) is 0 Å². The van der Waals surface area contributed by atoms with Crippen LogP contribution in [0.25, 0.3) is 0 Å². The molecule has 5 heteroatoms. The standard InChI is InChI=1S/C13H20N2O3/c1-17-11-6-3-5-10(13(11)18-2)9-15-12(16)7-4-8-14/h3,5-6H,4,7-9,14H2,1-2H3,(H,15,16). The smallest absolute Gasteiger partial charge is 0.220 e. The first-order valence-electron chi connectivity index (χ1n) is 5.89. The summed E-state index contributed by atoms with van der Waals surface area (Å²) in [6, 6.07) is 5.58. The number of hydrogen-bond donors (Lipinski definition) is 2. The van der Waals surface area contributed by atoms with Gasteiger partial charge in [-0.05, 0) is 19.0 Å². The van der Waals surface area contributed by atoms with Crippen molar-refractivity contribution in [3.8, 4) is 11.5 Å². The number of amides is 1. The number of methoxy groups -OCH3 is 2. The van der Waals surface area contributed by atoms with Crippen LogP contribution in [0.15, 0.2) is 18.2 Å². The number of benzene rings is 1. The fourth-order valence-corrected chi connectivity index (χ4v) is 1.64. The maximum atomic E-state index is 11.5. The molecule has 0 aliphatic carbocycles. The van der Waals surface area contributed by atoms with E-state index in [1.807, 2.05) is 18.2 Å². The first kappa shape index (κ1) is 14.3. The summed E-state index contributed by atoms with van der Waals surface area (Å²) in [6.45, 7) is 0.944. The van der Waals surface area contributed by atoms with E-state index in [4.69, 9.17) is 15.2 Å². The lowest BCUT2D eigenvalue weighted by Crippen LogP contribution is -2.23. The van der Waals surface area contributed by atoms with Crippen molar-refractivity contribution >= 4 is 5.91 Å². The summed E-state index contributed by atoms with van der Waals surface area (Å²) in [5.74, 6) is 1.30. The molecule has 1 amide bonds. The lowest BCUT2D eigenvalue weighted by molar-refractivity contribution is -0.121. The lowest BCUT2D eigenvalue weighted by Gasteiger charge is -2.13. The zero-order chi connectivity index (χ0) is 13.4. The molecule has 0 aliphatic rings. The van der Waals surface area contributed by atoms with Crippen LogP contribution in [0.1, 0.15) is 18.4 Å². The molecule has 0 unspecified atom stereocenters. The van der Waals surface area contributed by atoms with E-state index >= 15 is 0 Å². The number of hydrogen-bond acceptors (Lipinski definition) is 4. The Labute approximate surface area is 107 Å². The van der Waals surface area contributed by atoms with E-state index in [2.05, 4.69) is 5.32 Å². The molecule has 0 bridgehead atoms. The van der Waals surface area contributed by atoms with E-state index in [9.17, 15) is 4.79 Å². The molecule has 0 radical (unpaired) electrons. The number of para-hydroxylation sites is 1. The Bertz CT molecular complexity index is 394. The maximum absolute atomic E-state index is 11.5. The van der Waals surface area contributed by atoms with Gasteiger partial charge >= 0.3 is 0 Å². The van der Waals surface area contributed by atoms with Crippen molar-refractivity contribution in [1.82, 2.24) is 5.32 Å². The van der Waals surface area contributed by atoms with Crippen molar-refractivity contribution in [3.05, 3.63) is 23.8 Å². The summed E-state index contributed by atoms with van der Waals surface area (Å²) in [7, 11) is 3.17. The second-order valence-corrected chi connectivity index (χ2v) is 3.82. The van der Waals surface area contributed by atoms with E-state index in [1.165, 1.54) is 0 Å². The van der Waals surface area contributed by atoms with Gasteiger partial charge in [0.25, 0.3) is 0 Å². The van der Waals surface area contributed by atoms with Crippen LogP contribution in [0.5, 0.6) is 11.5 Å². The predicted molar refractivity (Wildman–Crippen MR) is 69.7 cm³/mol. The van der Waals surface area contributed by atoms with Crippen LogP contribution < -0.4 is 20.5 Å². The molecule has 1 aromatic rings. The first-order chi connectivity index (χ1) is 8.72. The van der Waals surface area contributed by atoms with Gasteiger partial charge in [0.2, 0.25) is 5.91 Å². The highest BCUT2D eigenvalue weighted by atomic mass is 16.5. The van der Waals surface area contributed by atoms with Crippen LogP contribution in [0, 0.1) is 0 Å². The molecule has 5 nitrogen and oxygen atoms in total. The van der Waals surface area contributed by atoms with E-state index < -0.39 is 0 Å². The first-order valence-corrected chi connectivity index (χ1v) is 5.89. The Hall–Kier alpha value is -1.75. The molecule has 100 valence electrons. The average molecular weight is 252 g/mol. The van der Waals surface area contributed by atoms with Crippen LogP contribution in [0.2, 0.25) is 0 Å². The zero-order valence-corrected chi connectivity index (χ0v) is 10.9. The van der Waals surface area contributed by atoms with Gasteiger partial charge in [-0.15, -0.1) is 0 Å². The Morgan fingerprint density at radius 3 is 2.72 bits per heavy atom. The Balaban J connectivity index is 2.64. The monoisotopic (exact) mass is 252 g/mol. The Morgan fingerprint density at radius 1 is 1.33 bits per heavy atom. The molecule has 0 spiro atoms. The number of carbonyl (C=O) groups is 1. The molecule has 0 atom stereocenters. The minimum Gasteiger partial charge on any atom is -0.493 e. The highest BCUT2D eigenvalue weighted by Gasteiger charge is 2.10. The third-order valence-electron chi connectivity index (χ3n) is 2.57. The molecule has 18 heavy (non-hydrogen) atoms. The molecule has 0 saturated heterocycles. The number of rotatable bonds is 7. The van der Waals surface area contributed by atoms with Gasteiger partial charge in [-0.2, -0.15) is 0 Å². The lowest BCUT2D eigenvalue weighted by atomic mass is 10.1. The second kappa shape index (κ2) is 7.55. The van der Waals surface area contributed by atoms with Gasteiger partial charge in [-0.3, -0.25) is 4.79 Å². The normalized spacial score (nSPS) is 9.94. The average Bonchev–Trinajstić information content (AvgIpc) is 2.41. The van der Waals surface area contributed by atoms with E-state index in [-0.39, 0.29) is 5.91 Å². The minimum absolute atomic E-state index is 0.00896. The fourth-order valence-electron chi connectivity index (χ4n) is 1.64. The minimum atomic E-state index is -0.00896. The van der Waals surface area contributed by atoms with E-state index in [0.29, 0.717) is 37.4 Å². The summed E-state index contributed by atoms with van der Waals surface area (Å²) >= 11 is 0. The van der Waals surface area contributed by atoms with Gasteiger partial charge in [-0.1, -0.05) is 12.1 Å². The molecule has 1 rings (SSSR count). The maximum Gasteiger partial charge on any atom is 0.220 e. The SMILES string of the molecule is COc1cccc(CNC(=O)CCCN)c1OC. The topological polar surface area (TPSA) is 73.6 Å². The quantitative estimate of drug-likeness (QED) is 0.761. The van der Waals surface area contributed by atoms with Gasteiger partial charge in [0.15, 0.2) is 11.5 Å². The van der Waals surface area contributed by atoms with E-state index in [0.717, 1.165) is 5.56 Å². The van der Waals surface area contributed by atoms with Crippen molar-refractivity contribution in [2.45, 2.75) is 19.4 Å². The molecule has 3 N–H and O–H groups in total. The predicted octanol–water partition coefficient (Wildman–Crippen LogP) is 1.06. The van der Waals surface area contributed by atoms with Crippen LogP contribution in [0.3, 0.4) is 0 Å². The zero-order valence-electron chi connectivity index (χ0n) is 10.9. The second-order valence-electron chi connectivity index (χ2n) is 3.82. The number of nitrogens with two attached hydrogens (primary N) is 1. The number of carbonyl (C=O) groups excluding carboxylic acids is 1. The van der Waals surface area contributed by atoms with Gasteiger partial charge < -0.3 is 20.5 Å². The Morgan fingerprint density at radius 2 is 2.11 bits per heavy atom. The molecular formula is C13H20N2O3. The summed E-state index contributed by atoms with van der Waals surface area (Å²) in [4.78, 5) is 11.5. The molecule has 0 aromatic heterocycles. The van der Waals surface area contributed by atoms with Crippen LogP contribution >= 0.6 is 0 Å². The van der Waals surface area contributed by atoms with Crippen LogP contribution in [-0.2, 0) is 11.3 Å². The highest BCUT2D eigenvalue weighted by Crippen LogP contribution is 2.30. The van der Waals surface area contributed by atoms with Crippen molar-refractivity contribution in [1.29, 1.82) is 0 Å². The van der Waals surface area contributed by atoms with Crippen LogP contribution in [-0.4, -0.2) is 26.7 Å². The van der Waals surface area contributed by atoms with Crippen molar-refractivity contribution in [3.63, 3.8) is 0 Å². The molecule has 1 aromatic carbocycles. The molecule has 0 aliphatic heterocycles. The highest BCUT2D eigenvalue weighted by molar-refractivity contribution is 5.76. The summed E-state index contributed by atoms with van der Waals surface area (Å²) in [6.07, 6.45) is 1.14. The molecular weight excluding hydrogens is 232 g/mol. The van der Waals surface area contributed by atoms with Gasteiger partial charge in [0.05, 0.1) is 14.2 Å². The van der Waals surface area contributed by atoms with Gasteiger partial charge in [0.1, 0.15) is 0 Å². The summed E-state index contributed by atoms with van der Waals surface area (Å²) in [5, 5.41) is 2.83. The third-order valence-corrected chi connectivity index (χ3v) is 2.57. The van der Waals surface area contributed by atoms with Crippen molar-refractivity contribution < 1.29 is 14.3 Å². The molecule has 0 fully saturated rings. The van der Waals surface area contributed by atoms with E-state index in [1.54, 1.807) is 14.2 Å². The van der Waals surface area contributed by atoms with Crippen LogP contribution in [0.4, 0.5) is 0 Å². The third kappa shape index (κ3) is 3.92. The summed E-state index contributed by atoms with van der Waals surface area (Å²) < 4.78 is 10.5. The van der Waals surface area contributed by atoms with Crippen molar-refractivity contribution in [2.75, 3.05) is 20.8 Å². The molecule has 0 saturated carbocycles. The number of ether oxygens (including phenoxy) is 2. The largest absolute Gasteiger partial charge is 0.493 e.